The van der Waals surface area contributed by atoms with Gasteiger partial charge in [0, 0.05) is 43.0 Å². The number of aryl methyl sites for hydroxylation is 2. The predicted molar refractivity (Wildman–Crippen MR) is 253 cm³/mol. The molecule has 1 radical (unpaired) electrons. The van der Waals surface area contributed by atoms with Gasteiger partial charge in [0.15, 0.2) is 17.5 Å². The van der Waals surface area contributed by atoms with Crippen LogP contribution in [0.2, 0.25) is 0 Å². The van der Waals surface area contributed by atoms with Gasteiger partial charge in [-0.05, 0) is 98.8 Å². The molecule has 0 atom stereocenters. The van der Waals surface area contributed by atoms with E-state index in [4.69, 9.17) is 19.9 Å². The molecule has 315 valence electrons. The van der Waals surface area contributed by atoms with Gasteiger partial charge >= 0.3 is 0 Å². The van der Waals surface area contributed by atoms with Gasteiger partial charge in [0.05, 0.1) is 0 Å². The van der Waals surface area contributed by atoms with Crippen molar-refractivity contribution in [2.75, 3.05) is 0 Å². The summed E-state index contributed by atoms with van der Waals surface area (Å²) >= 11 is 0. The summed E-state index contributed by atoms with van der Waals surface area (Å²) < 4.78 is 0. The predicted octanol–water partition coefficient (Wildman–Crippen LogP) is 14.9. The minimum Gasteiger partial charge on any atom is -0.304 e. The van der Waals surface area contributed by atoms with Crippen molar-refractivity contribution in [2.45, 2.75) is 119 Å². The van der Waals surface area contributed by atoms with E-state index in [9.17, 15) is 0 Å². The molecule has 0 aliphatic rings. The number of benzene rings is 5. The second-order valence-corrected chi connectivity index (χ2v) is 20.7. The Morgan fingerprint density at radius 1 is 0.410 bits per heavy atom. The van der Waals surface area contributed by atoms with Gasteiger partial charge in [-0.1, -0.05) is 172 Å². The first-order valence-corrected chi connectivity index (χ1v) is 21.3. The molecule has 0 bridgehead atoms. The van der Waals surface area contributed by atoms with Crippen molar-refractivity contribution in [1.29, 1.82) is 0 Å². The first-order chi connectivity index (χ1) is 28.0. The van der Waals surface area contributed by atoms with Crippen LogP contribution in [0.3, 0.4) is 0 Å². The Bertz CT molecular complexity index is 2500. The molecule has 7 aromatic rings. The second kappa shape index (κ2) is 17.0. The fourth-order valence-electron chi connectivity index (χ4n) is 7.56. The number of aromatic nitrogens is 4. The van der Waals surface area contributed by atoms with Crippen LogP contribution in [0.4, 0.5) is 0 Å². The Morgan fingerprint density at radius 2 is 0.820 bits per heavy atom. The molecule has 0 N–H and O–H groups in total. The standard InChI is InChI=1S/C56H61N4.Ir/c1-35-25-36(2)27-40(26-35)48-18-16-15-17-47(48)37-19-21-38(22-20-37)49-24-23-39(34-57-49)50-58-51(41-28-43(53(3,4)5)32-44(29-41)54(6,7)8)60-52(59-50)42-30-45(55(9,10)11)33-46(31-42)56(12,13)14;/h15-21,23-34H,1-14H3;/q-1;. The Morgan fingerprint density at radius 3 is 1.20 bits per heavy atom. The van der Waals surface area contributed by atoms with Crippen molar-refractivity contribution in [3.8, 4) is 67.7 Å². The molecule has 2 aromatic heterocycles. The summed E-state index contributed by atoms with van der Waals surface area (Å²) in [6.07, 6.45) is 1.88. The van der Waals surface area contributed by atoms with Gasteiger partial charge < -0.3 is 4.98 Å². The minimum absolute atomic E-state index is 0. The van der Waals surface area contributed by atoms with E-state index in [1.54, 1.807) is 0 Å². The van der Waals surface area contributed by atoms with Gasteiger partial charge in [-0.2, -0.15) is 0 Å². The zero-order valence-corrected chi connectivity index (χ0v) is 41.0. The normalized spacial score (nSPS) is 12.3. The zero-order chi connectivity index (χ0) is 43.4. The maximum atomic E-state index is 5.28. The molecule has 0 aliphatic carbocycles. The van der Waals surface area contributed by atoms with Crippen molar-refractivity contribution in [3.05, 3.63) is 155 Å². The average Bonchev–Trinajstić information content (AvgIpc) is 3.19. The Kier molecular flexibility index (Phi) is 12.7. The molecular formula is C56H61IrN4-. The summed E-state index contributed by atoms with van der Waals surface area (Å²) in [6, 6.07) is 43.0. The molecule has 0 fully saturated rings. The maximum Gasteiger partial charge on any atom is 0.165 e. The van der Waals surface area contributed by atoms with Gasteiger partial charge in [0.25, 0.3) is 0 Å². The number of hydrogen-bond donors (Lipinski definition) is 0. The van der Waals surface area contributed by atoms with Gasteiger partial charge in [0.1, 0.15) is 0 Å². The molecule has 5 heteroatoms. The first-order valence-electron chi connectivity index (χ1n) is 21.3. The first kappa shape index (κ1) is 45.4. The SMILES string of the molecule is Cc1cc(C)cc(-c2ccccc2-c2c[c-]c(-c3ccc(-c4nc(-c5cc(C(C)(C)C)cc(C(C)(C)C)c5)nc(-c5cc(C(C)(C)C)cc(C(C)(C)C)c5)n4)cn3)cc2)c1.[Ir]. The monoisotopic (exact) mass is 982 g/mol. The largest absolute Gasteiger partial charge is 0.304 e. The van der Waals surface area contributed by atoms with Crippen molar-refractivity contribution in [1.82, 2.24) is 19.9 Å². The van der Waals surface area contributed by atoms with E-state index in [1.165, 1.54) is 50.1 Å². The van der Waals surface area contributed by atoms with Crippen LogP contribution in [0, 0.1) is 19.9 Å². The summed E-state index contributed by atoms with van der Waals surface area (Å²) in [5.74, 6) is 1.90. The van der Waals surface area contributed by atoms with Gasteiger partial charge in [-0.15, -0.1) is 29.8 Å². The smallest absolute Gasteiger partial charge is 0.165 e. The number of pyridine rings is 1. The van der Waals surface area contributed by atoms with E-state index in [0.29, 0.717) is 17.5 Å². The van der Waals surface area contributed by atoms with Crippen LogP contribution in [0.25, 0.3) is 67.7 Å². The third-order valence-electron chi connectivity index (χ3n) is 11.4. The van der Waals surface area contributed by atoms with Crippen molar-refractivity contribution >= 4 is 0 Å². The molecule has 0 amide bonds. The van der Waals surface area contributed by atoms with E-state index in [0.717, 1.165) is 33.5 Å². The van der Waals surface area contributed by atoms with E-state index in [2.05, 4.69) is 206 Å². The molecule has 7 rings (SSSR count). The molecule has 0 saturated heterocycles. The van der Waals surface area contributed by atoms with Gasteiger partial charge in [0.2, 0.25) is 0 Å². The molecule has 0 aliphatic heterocycles. The minimum atomic E-state index is -0.0597. The topological polar surface area (TPSA) is 51.6 Å². The van der Waals surface area contributed by atoms with Crippen molar-refractivity contribution in [2.24, 2.45) is 0 Å². The second-order valence-electron chi connectivity index (χ2n) is 20.7. The summed E-state index contributed by atoms with van der Waals surface area (Å²) in [4.78, 5) is 20.7. The van der Waals surface area contributed by atoms with Crippen LogP contribution >= 0.6 is 0 Å². The van der Waals surface area contributed by atoms with Crippen LogP contribution < -0.4 is 0 Å². The third kappa shape index (κ3) is 10.3. The fraction of sp³-hybridized carbons (Fsp3) is 0.321. The van der Waals surface area contributed by atoms with Crippen LogP contribution in [0.15, 0.2) is 115 Å². The summed E-state index contributed by atoms with van der Waals surface area (Å²) in [5.41, 5.74) is 16.6. The van der Waals surface area contributed by atoms with Crippen LogP contribution in [0.1, 0.15) is 116 Å². The van der Waals surface area contributed by atoms with Crippen LogP contribution in [0.5, 0.6) is 0 Å². The zero-order valence-electron chi connectivity index (χ0n) is 38.6. The molecular weight excluding hydrogens is 921 g/mol. The van der Waals surface area contributed by atoms with Crippen molar-refractivity contribution in [3.63, 3.8) is 0 Å². The van der Waals surface area contributed by atoms with Crippen LogP contribution in [-0.4, -0.2) is 19.9 Å². The molecule has 4 nitrogen and oxygen atoms in total. The summed E-state index contributed by atoms with van der Waals surface area (Å²) in [6.45, 7) is 31.5. The Labute approximate surface area is 379 Å². The molecule has 5 aromatic carbocycles. The quantitative estimate of drug-likeness (QED) is 0.156. The number of rotatable bonds is 6. The maximum absolute atomic E-state index is 5.28. The molecule has 61 heavy (non-hydrogen) atoms. The molecule has 2 heterocycles. The van der Waals surface area contributed by atoms with E-state index < -0.39 is 0 Å². The molecule has 0 saturated carbocycles. The Hall–Kier alpha value is -5.09. The van der Waals surface area contributed by atoms with Gasteiger partial charge in [-0.3, -0.25) is 0 Å². The van der Waals surface area contributed by atoms with E-state index in [1.807, 2.05) is 12.3 Å². The summed E-state index contributed by atoms with van der Waals surface area (Å²) in [5, 5.41) is 0. The average molecular weight is 982 g/mol. The van der Waals surface area contributed by atoms with Gasteiger partial charge in [-0.25, -0.2) is 15.0 Å². The van der Waals surface area contributed by atoms with E-state index >= 15 is 0 Å². The third-order valence-corrected chi connectivity index (χ3v) is 11.4. The van der Waals surface area contributed by atoms with Crippen molar-refractivity contribution < 1.29 is 20.1 Å². The molecule has 0 unspecified atom stereocenters. The Balaban J connectivity index is 0.00000622. The number of nitrogens with zero attached hydrogens (tertiary/aromatic N) is 4. The summed E-state index contributed by atoms with van der Waals surface area (Å²) in [7, 11) is 0. The fourth-order valence-corrected chi connectivity index (χ4v) is 7.56. The van der Waals surface area contributed by atoms with E-state index in [-0.39, 0.29) is 41.8 Å². The van der Waals surface area contributed by atoms with Crippen LogP contribution in [-0.2, 0) is 41.8 Å². The molecule has 0 spiro atoms. The number of hydrogen-bond acceptors (Lipinski definition) is 4.